The van der Waals surface area contributed by atoms with Gasteiger partial charge in [0.1, 0.15) is 5.82 Å². The lowest BCUT2D eigenvalue weighted by atomic mass is 9.79. The number of imide groups is 1. The summed E-state index contributed by atoms with van der Waals surface area (Å²) in [6, 6.07) is 13.5. The van der Waals surface area contributed by atoms with Gasteiger partial charge in [-0.15, -0.1) is 0 Å². The number of rotatable bonds is 5. The van der Waals surface area contributed by atoms with E-state index < -0.39 is 0 Å². The molecule has 3 aromatic rings. The molecule has 0 bridgehead atoms. The van der Waals surface area contributed by atoms with Crippen LogP contribution in [0.1, 0.15) is 61.7 Å². The highest BCUT2D eigenvalue weighted by Gasteiger charge is 2.39. The number of nitrogens with zero attached hydrogens (tertiary/aromatic N) is 3. The summed E-state index contributed by atoms with van der Waals surface area (Å²) in [5, 5.41) is 5.40. The third-order valence-electron chi connectivity index (χ3n) is 7.66. The van der Waals surface area contributed by atoms with E-state index in [0.29, 0.717) is 23.3 Å². The third-order valence-corrected chi connectivity index (χ3v) is 7.91. The van der Waals surface area contributed by atoms with E-state index >= 15 is 0 Å². The van der Waals surface area contributed by atoms with E-state index in [0.717, 1.165) is 41.9 Å². The van der Waals surface area contributed by atoms with Gasteiger partial charge < -0.3 is 0 Å². The highest BCUT2D eigenvalue weighted by atomic mass is 35.5. The van der Waals surface area contributed by atoms with Gasteiger partial charge in [0.2, 0.25) is 11.8 Å². The predicted octanol–water partition coefficient (Wildman–Crippen LogP) is 6.47. The second-order valence-electron chi connectivity index (χ2n) is 9.88. The molecule has 2 aliphatic carbocycles. The minimum absolute atomic E-state index is 0.251. The summed E-state index contributed by atoms with van der Waals surface area (Å²) in [7, 11) is 0. The van der Waals surface area contributed by atoms with Gasteiger partial charge in [-0.3, -0.25) is 14.5 Å². The number of hydrogen-bond donors (Lipinski definition) is 0. The minimum Gasteiger partial charge on any atom is -0.275 e. The van der Waals surface area contributed by atoms with Crippen LogP contribution in [0.15, 0.2) is 54.1 Å². The number of aromatic nitrogens is 2. The number of amides is 2. The van der Waals surface area contributed by atoms with Gasteiger partial charge in [0.25, 0.3) is 0 Å². The van der Waals surface area contributed by atoms with E-state index in [-0.39, 0.29) is 23.7 Å². The normalized spacial score (nSPS) is 19.3. The number of aryl methyl sites for hydroxylation is 1. The van der Waals surface area contributed by atoms with Crippen LogP contribution in [0.2, 0.25) is 5.02 Å². The molecule has 36 heavy (non-hydrogen) atoms. The summed E-state index contributed by atoms with van der Waals surface area (Å²) >= 11 is 6.12. The molecular weight excluding hydrogens is 477 g/mol. The molecule has 186 valence electrons. The number of benzene rings is 2. The lowest BCUT2D eigenvalue weighted by Crippen LogP contribution is -2.38. The molecule has 0 spiro atoms. The van der Waals surface area contributed by atoms with Gasteiger partial charge in [0.15, 0.2) is 0 Å². The fourth-order valence-electron chi connectivity index (χ4n) is 5.98. The number of carbonyl (C=O) groups excluding carboxylic acids is 2. The largest absolute Gasteiger partial charge is 0.275 e. The molecule has 0 saturated heterocycles. The molecule has 2 aliphatic rings. The molecule has 0 aliphatic heterocycles. The molecule has 1 fully saturated rings. The van der Waals surface area contributed by atoms with Crippen molar-refractivity contribution in [2.75, 3.05) is 0 Å². The molecule has 1 heterocycles. The zero-order chi connectivity index (χ0) is 25.6. The molecule has 7 heteroatoms. The zero-order valence-corrected chi connectivity index (χ0v) is 21.4. The van der Waals surface area contributed by atoms with Crippen molar-refractivity contribution in [2.45, 2.75) is 52.5 Å². The molecule has 5 rings (SSSR count). The first-order valence-corrected chi connectivity index (χ1v) is 12.7. The second kappa shape index (κ2) is 9.66. The topological polar surface area (TPSA) is 55.2 Å². The van der Waals surface area contributed by atoms with Crippen LogP contribution in [0, 0.1) is 24.6 Å². The minimum atomic E-state index is -0.342. The summed E-state index contributed by atoms with van der Waals surface area (Å²) < 4.78 is 15.4. The maximum absolute atomic E-state index is 13.5. The molecule has 5 nitrogen and oxygen atoms in total. The van der Waals surface area contributed by atoms with Gasteiger partial charge in [0.05, 0.1) is 23.1 Å². The lowest BCUT2D eigenvalue weighted by Gasteiger charge is -2.33. The monoisotopic (exact) mass is 505 g/mol. The Hall–Kier alpha value is -3.25. The average molecular weight is 506 g/mol. The third kappa shape index (κ3) is 4.50. The number of halogens is 2. The van der Waals surface area contributed by atoms with Gasteiger partial charge in [-0.1, -0.05) is 29.3 Å². The van der Waals surface area contributed by atoms with E-state index in [1.165, 1.54) is 42.0 Å². The van der Waals surface area contributed by atoms with Crippen LogP contribution < -0.4 is 0 Å². The van der Waals surface area contributed by atoms with E-state index in [9.17, 15) is 14.0 Å². The fraction of sp³-hybridized carbons (Fsp3) is 0.345. The Morgan fingerprint density at radius 2 is 1.78 bits per heavy atom. The van der Waals surface area contributed by atoms with E-state index in [1.54, 1.807) is 12.1 Å². The Balaban J connectivity index is 1.46. The Morgan fingerprint density at radius 1 is 1.11 bits per heavy atom. The van der Waals surface area contributed by atoms with Crippen LogP contribution in [0.5, 0.6) is 0 Å². The summed E-state index contributed by atoms with van der Waals surface area (Å²) in [6.07, 6.45) is 5.78. The summed E-state index contributed by atoms with van der Waals surface area (Å²) in [6.45, 7) is 4.92. The zero-order valence-electron chi connectivity index (χ0n) is 20.7. The second-order valence-corrected chi connectivity index (χ2v) is 10.3. The maximum atomic E-state index is 13.5. The quantitative estimate of drug-likeness (QED) is 0.399. The molecule has 1 aromatic heterocycles. The summed E-state index contributed by atoms with van der Waals surface area (Å²) in [5.74, 6) is -0.122. The van der Waals surface area contributed by atoms with Crippen molar-refractivity contribution in [1.29, 1.82) is 0 Å². The first kappa shape index (κ1) is 24.4. The first-order chi connectivity index (χ1) is 17.2. The number of fused-ring (bicyclic) bond motifs is 2. The van der Waals surface area contributed by atoms with Gasteiger partial charge in [-0.05, 0) is 92.5 Å². The number of carbonyl (C=O) groups is 2. The van der Waals surface area contributed by atoms with Crippen molar-refractivity contribution >= 4 is 29.5 Å². The van der Waals surface area contributed by atoms with E-state index in [4.69, 9.17) is 16.7 Å². The molecule has 2 aromatic carbocycles. The Bertz CT molecular complexity index is 1330. The fourth-order valence-corrected chi connectivity index (χ4v) is 6.10. The first-order valence-electron chi connectivity index (χ1n) is 12.3. The van der Waals surface area contributed by atoms with Crippen molar-refractivity contribution in [3.63, 3.8) is 0 Å². The molecule has 3 unspecified atom stereocenters. The van der Waals surface area contributed by atoms with Crippen molar-refractivity contribution in [1.82, 2.24) is 14.7 Å². The molecule has 0 N–H and O–H groups in total. The summed E-state index contributed by atoms with van der Waals surface area (Å²) in [4.78, 5) is 26.4. The molecule has 0 radical (unpaired) electrons. The average Bonchev–Trinajstić information content (AvgIpc) is 3.38. The van der Waals surface area contributed by atoms with Crippen LogP contribution in [-0.2, 0) is 16.0 Å². The molecule has 1 saturated carbocycles. The van der Waals surface area contributed by atoms with Crippen LogP contribution in [0.3, 0.4) is 0 Å². The van der Waals surface area contributed by atoms with Crippen molar-refractivity contribution < 1.29 is 14.0 Å². The SMILES string of the molecule is CC(=O)N(C(C)=O)C(CC1CCC2=Cc3c(c(C)nn3-c3ccc(F)cc3)CC21)c1ccc(Cl)cc1. The van der Waals surface area contributed by atoms with Gasteiger partial charge in [-0.2, -0.15) is 5.10 Å². The highest BCUT2D eigenvalue weighted by Crippen LogP contribution is 2.48. The van der Waals surface area contributed by atoms with Crippen LogP contribution >= 0.6 is 11.6 Å². The van der Waals surface area contributed by atoms with Gasteiger partial charge in [-0.25, -0.2) is 9.07 Å². The van der Waals surface area contributed by atoms with Crippen LogP contribution in [0.25, 0.3) is 11.8 Å². The maximum Gasteiger partial charge on any atom is 0.226 e. The van der Waals surface area contributed by atoms with Crippen molar-refractivity contribution in [2.24, 2.45) is 11.8 Å². The smallest absolute Gasteiger partial charge is 0.226 e. The van der Waals surface area contributed by atoms with Crippen molar-refractivity contribution in [3.8, 4) is 5.69 Å². The van der Waals surface area contributed by atoms with Gasteiger partial charge >= 0.3 is 0 Å². The highest BCUT2D eigenvalue weighted by molar-refractivity contribution is 6.30. The number of hydrogen-bond acceptors (Lipinski definition) is 3. The number of allylic oxidation sites excluding steroid dienone is 1. The standard InChI is InChI=1S/C29H29ClFN3O2/c1-17-26-16-27-21(14-28(33(18(2)35)19(3)36)20-6-8-23(30)9-7-20)4-5-22(27)15-29(26)34(32-17)25-12-10-24(31)11-13-25/h6-13,15,21,27-28H,4-5,14,16H2,1-3H3. The van der Waals surface area contributed by atoms with Crippen LogP contribution in [-0.4, -0.2) is 26.5 Å². The molecule has 3 atom stereocenters. The Kier molecular flexibility index (Phi) is 6.56. The predicted molar refractivity (Wildman–Crippen MR) is 138 cm³/mol. The van der Waals surface area contributed by atoms with E-state index in [1.807, 2.05) is 35.9 Å². The molecule has 2 amide bonds. The Morgan fingerprint density at radius 3 is 2.42 bits per heavy atom. The lowest BCUT2D eigenvalue weighted by molar-refractivity contribution is -0.145. The van der Waals surface area contributed by atoms with E-state index in [2.05, 4.69) is 6.08 Å². The summed E-state index contributed by atoms with van der Waals surface area (Å²) in [5.41, 5.74) is 6.37. The molecular formula is C29H29ClFN3O2. The Labute approximate surface area is 215 Å². The van der Waals surface area contributed by atoms with Gasteiger partial charge in [0, 0.05) is 24.4 Å². The van der Waals surface area contributed by atoms with Crippen molar-refractivity contribution in [3.05, 3.63) is 87.5 Å². The van der Waals surface area contributed by atoms with Crippen LogP contribution in [0.4, 0.5) is 4.39 Å².